The van der Waals surface area contributed by atoms with Gasteiger partial charge in [-0.05, 0) is 49.4 Å². The number of rotatable bonds is 4. The van der Waals surface area contributed by atoms with E-state index in [9.17, 15) is 14.0 Å². The van der Waals surface area contributed by atoms with Gasteiger partial charge >= 0.3 is 5.97 Å². The van der Waals surface area contributed by atoms with Gasteiger partial charge in [0.1, 0.15) is 15.7 Å². The first-order valence-corrected chi connectivity index (χ1v) is 8.14. The molecule has 7 heteroatoms. The van der Waals surface area contributed by atoms with Gasteiger partial charge in [0.05, 0.1) is 11.3 Å². The average Bonchev–Trinajstić information content (AvgIpc) is 2.97. The lowest BCUT2D eigenvalue weighted by Gasteiger charge is -2.04. The zero-order valence-electron chi connectivity index (χ0n) is 13.1. The van der Waals surface area contributed by atoms with Crippen LogP contribution in [0.3, 0.4) is 0 Å². The normalized spacial score (nSPS) is 10.5. The minimum absolute atomic E-state index is 0.0887. The molecule has 126 valence electrons. The Kier molecular flexibility index (Phi) is 4.58. The molecule has 3 rings (SSSR count). The Bertz CT molecular complexity index is 951. The molecule has 0 radical (unpaired) electrons. The molecule has 1 heterocycles. The van der Waals surface area contributed by atoms with E-state index in [1.165, 1.54) is 35.6 Å². The maximum Gasteiger partial charge on any atom is 0.335 e. The molecule has 0 fully saturated rings. The lowest BCUT2D eigenvalue weighted by molar-refractivity contribution is 0.0696. The lowest BCUT2D eigenvalue weighted by Crippen LogP contribution is -2.12. The molecule has 0 atom stereocenters. The van der Waals surface area contributed by atoms with Crippen molar-refractivity contribution >= 4 is 28.9 Å². The van der Waals surface area contributed by atoms with Crippen LogP contribution in [-0.2, 0) is 0 Å². The molecule has 1 amide bonds. The molecule has 0 aliphatic rings. The number of carbonyl (C=O) groups excluding carboxylic acids is 1. The van der Waals surface area contributed by atoms with E-state index >= 15 is 0 Å². The Balaban J connectivity index is 1.84. The van der Waals surface area contributed by atoms with Crippen LogP contribution in [-0.4, -0.2) is 22.0 Å². The van der Waals surface area contributed by atoms with Crippen LogP contribution >= 0.6 is 11.3 Å². The fraction of sp³-hybridized carbons (Fsp3) is 0.0556. The number of aromatic nitrogens is 1. The van der Waals surface area contributed by atoms with Crippen molar-refractivity contribution in [3.63, 3.8) is 0 Å². The molecular formula is C18H13FN2O3S. The quantitative estimate of drug-likeness (QED) is 0.734. The van der Waals surface area contributed by atoms with E-state index in [1.807, 2.05) is 0 Å². The number of thiazole rings is 1. The first-order chi connectivity index (χ1) is 11.9. The Hall–Kier alpha value is -3.06. The van der Waals surface area contributed by atoms with Gasteiger partial charge in [0.2, 0.25) is 0 Å². The highest BCUT2D eigenvalue weighted by atomic mass is 32.1. The van der Waals surface area contributed by atoms with E-state index in [0.29, 0.717) is 21.3 Å². The molecule has 0 saturated heterocycles. The van der Waals surface area contributed by atoms with Gasteiger partial charge in [0, 0.05) is 11.3 Å². The monoisotopic (exact) mass is 356 g/mol. The number of aromatic carboxylic acids is 1. The maximum atomic E-state index is 13.0. The van der Waals surface area contributed by atoms with E-state index in [-0.39, 0.29) is 17.3 Å². The number of nitrogens with one attached hydrogen (secondary N) is 1. The Morgan fingerprint density at radius 3 is 2.56 bits per heavy atom. The van der Waals surface area contributed by atoms with Crippen LogP contribution < -0.4 is 5.32 Å². The lowest BCUT2D eigenvalue weighted by atomic mass is 10.2. The molecule has 2 N–H and O–H groups in total. The summed E-state index contributed by atoms with van der Waals surface area (Å²) in [7, 11) is 0. The van der Waals surface area contributed by atoms with Crippen molar-refractivity contribution in [2.24, 2.45) is 0 Å². The molecule has 1 aromatic heterocycles. The molecule has 0 spiro atoms. The highest BCUT2D eigenvalue weighted by Crippen LogP contribution is 2.28. The van der Waals surface area contributed by atoms with Crippen molar-refractivity contribution in [1.29, 1.82) is 0 Å². The van der Waals surface area contributed by atoms with E-state index in [1.54, 1.807) is 31.2 Å². The third kappa shape index (κ3) is 3.72. The second kappa shape index (κ2) is 6.82. The van der Waals surface area contributed by atoms with Gasteiger partial charge in [-0.2, -0.15) is 0 Å². The Labute approximate surface area is 146 Å². The highest BCUT2D eigenvalue weighted by molar-refractivity contribution is 7.17. The minimum Gasteiger partial charge on any atom is -0.478 e. The zero-order chi connectivity index (χ0) is 18.0. The first-order valence-electron chi connectivity index (χ1n) is 7.32. The predicted octanol–water partition coefficient (Wildman–Crippen LogP) is 4.21. The van der Waals surface area contributed by atoms with Crippen LogP contribution in [0.25, 0.3) is 10.6 Å². The standard InChI is InChI=1S/C18H13FN2O3S/c1-10-15(25-17(20-10)11-5-7-13(19)8-6-11)16(22)21-14-4-2-3-12(9-14)18(23)24/h2-9H,1H3,(H,21,22)(H,23,24). The van der Waals surface area contributed by atoms with Crippen molar-refractivity contribution in [1.82, 2.24) is 4.98 Å². The number of halogens is 1. The van der Waals surface area contributed by atoms with E-state index in [2.05, 4.69) is 10.3 Å². The van der Waals surface area contributed by atoms with Gasteiger partial charge in [-0.15, -0.1) is 11.3 Å². The summed E-state index contributed by atoms with van der Waals surface area (Å²) in [5.74, 6) is -1.78. The molecular weight excluding hydrogens is 343 g/mol. The third-order valence-corrected chi connectivity index (χ3v) is 4.67. The molecule has 2 aromatic carbocycles. The van der Waals surface area contributed by atoms with Gasteiger partial charge in [0.15, 0.2) is 0 Å². The zero-order valence-corrected chi connectivity index (χ0v) is 13.9. The molecule has 3 aromatic rings. The van der Waals surface area contributed by atoms with Gasteiger partial charge in [-0.1, -0.05) is 6.07 Å². The minimum atomic E-state index is -1.07. The molecule has 0 aliphatic heterocycles. The van der Waals surface area contributed by atoms with Crippen LogP contribution in [0, 0.1) is 12.7 Å². The molecule has 5 nitrogen and oxygen atoms in total. The molecule has 0 unspecified atom stereocenters. The van der Waals surface area contributed by atoms with Crippen LogP contribution in [0.1, 0.15) is 25.7 Å². The summed E-state index contributed by atoms with van der Waals surface area (Å²) >= 11 is 1.19. The van der Waals surface area contributed by atoms with Crippen molar-refractivity contribution in [3.05, 3.63) is 70.5 Å². The molecule has 0 saturated carbocycles. The van der Waals surface area contributed by atoms with E-state index < -0.39 is 5.97 Å². The number of hydrogen-bond donors (Lipinski definition) is 2. The summed E-state index contributed by atoms with van der Waals surface area (Å²) in [4.78, 5) is 28.2. The number of carboxylic acids is 1. The first kappa shape index (κ1) is 16.8. The summed E-state index contributed by atoms with van der Waals surface area (Å²) in [5, 5.41) is 12.3. The average molecular weight is 356 g/mol. The predicted molar refractivity (Wildman–Crippen MR) is 93.6 cm³/mol. The maximum absolute atomic E-state index is 13.0. The topological polar surface area (TPSA) is 79.3 Å². The Morgan fingerprint density at radius 2 is 1.88 bits per heavy atom. The number of amides is 1. The number of nitrogens with zero attached hydrogens (tertiary/aromatic N) is 1. The molecule has 0 aliphatic carbocycles. The fourth-order valence-electron chi connectivity index (χ4n) is 2.24. The number of anilines is 1. The Morgan fingerprint density at radius 1 is 1.16 bits per heavy atom. The van der Waals surface area contributed by atoms with Crippen LogP contribution in [0.2, 0.25) is 0 Å². The SMILES string of the molecule is Cc1nc(-c2ccc(F)cc2)sc1C(=O)Nc1cccc(C(=O)O)c1. The van der Waals surface area contributed by atoms with Gasteiger partial charge in [-0.25, -0.2) is 14.2 Å². The summed E-state index contributed by atoms with van der Waals surface area (Å²) in [6.07, 6.45) is 0. The summed E-state index contributed by atoms with van der Waals surface area (Å²) < 4.78 is 13.0. The van der Waals surface area contributed by atoms with Crippen LogP contribution in [0.15, 0.2) is 48.5 Å². The number of aryl methyl sites for hydroxylation is 1. The van der Waals surface area contributed by atoms with Gasteiger partial charge in [-0.3, -0.25) is 4.79 Å². The van der Waals surface area contributed by atoms with E-state index in [0.717, 1.165) is 5.56 Å². The summed E-state index contributed by atoms with van der Waals surface area (Å²) in [6.45, 7) is 1.71. The highest BCUT2D eigenvalue weighted by Gasteiger charge is 2.17. The van der Waals surface area contributed by atoms with Crippen molar-refractivity contribution in [3.8, 4) is 10.6 Å². The number of hydrogen-bond acceptors (Lipinski definition) is 4. The number of carboxylic acid groups (broad SMARTS) is 1. The number of benzene rings is 2. The summed E-state index contributed by atoms with van der Waals surface area (Å²) in [5.41, 5.74) is 1.75. The summed E-state index contributed by atoms with van der Waals surface area (Å²) in [6, 6.07) is 11.9. The fourth-order valence-corrected chi connectivity index (χ4v) is 3.21. The second-order valence-corrected chi connectivity index (χ2v) is 6.28. The van der Waals surface area contributed by atoms with Gasteiger partial charge < -0.3 is 10.4 Å². The largest absolute Gasteiger partial charge is 0.478 e. The van der Waals surface area contributed by atoms with Crippen molar-refractivity contribution < 1.29 is 19.1 Å². The second-order valence-electron chi connectivity index (χ2n) is 5.28. The molecule has 25 heavy (non-hydrogen) atoms. The van der Waals surface area contributed by atoms with Crippen LogP contribution in [0.4, 0.5) is 10.1 Å². The smallest absolute Gasteiger partial charge is 0.335 e. The molecule has 0 bridgehead atoms. The van der Waals surface area contributed by atoms with E-state index in [4.69, 9.17) is 5.11 Å². The van der Waals surface area contributed by atoms with Gasteiger partial charge in [0.25, 0.3) is 5.91 Å². The third-order valence-electron chi connectivity index (χ3n) is 3.46. The van der Waals surface area contributed by atoms with Crippen molar-refractivity contribution in [2.75, 3.05) is 5.32 Å². The number of carbonyl (C=O) groups is 2. The van der Waals surface area contributed by atoms with Crippen molar-refractivity contribution in [2.45, 2.75) is 6.92 Å². The van der Waals surface area contributed by atoms with Crippen LogP contribution in [0.5, 0.6) is 0 Å².